The quantitative estimate of drug-likeness (QED) is 0.296. The minimum atomic E-state index is -4.96. The second kappa shape index (κ2) is 9.38. The van der Waals surface area contributed by atoms with Gasteiger partial charge in [0.15, 0.2) is 0 Å². The molecule has 3 heterocycles. The van der Waals surface area contributed by atoms with Crippen LogP contribution in [0.1, 0.15) is 29.7 Å². The molecule has 0 saturated carbocycles. The smallest absolute Gasteiger partial charge is 0.416 e. The molecule has 4 nitrogen and oxygen atoms in total. The molecule has 4 rings (SSSR count). The van der Waals surface area contributed by atoms with Crippen molar-refractivity contribution in [3.05, 3.63) is 52.1 Å². The maximum atomic E-state index is 13.1. The van der Waals surface area contributed by atoms with Crippen LogP contribution in [0.25, 0.3) is 17.4 Å². The molecule has 2 fully saturated rings. The van der Waals surface area contributed by atoms with Crippen LogP contribution in [-0.2, 0) is 17.1 Å². The minimum Gasteiger partial charge on any atom is -0.457 e. The van der Waals surface area contributed by atoms with Gasteiger partial charge in [0.25, 0.3) is 5.91 Å². The predicted molar refractivity (Wildman–Crippen MR) is 120 cm³/mol. The molecule has 182 valence electrons. The molecule has 2 saturated heterocycles. The van der Waals surface area contributed by atoms with Crippen LogP contribution in [0.4, 0.5) is 26.3 Å². The second-order valence-corrected chi connectivity index (χ2v) is 9.66. The summed E-state index contributed by atoms with van der Waals surface area (Å²) >= 11 is 6.40. The molecule has 0 radical (unpaired) electrons. The van der Waals surface area contributed by atoms with Gasteiger partial charge in [-0.25, -0.2) is 0 Å². The van der Waals surface area contributed by atoms with E-state index < -0.39 is 23.5 Å². The van der Waals surface area contributed by atoms with Gasteiger partial charge in [0, 0.05) is 18.2 Å². The topological polar surface area (TPSA) is 45.5 Å². The van der Waals surface area contributed by atoms with Crippen LogP contribution >= 0.6 is 24.0 Å². The zero-order valence-electron chi connectivity index (χ0n) is 17.4. The molecule has 0 aliphatic carbocycles. The van der Waals surface area contributed by atoms with Crippen molar-refractivity contribution >= 4 is 40.3 Å². The number of nitrogens with zero attached hydrogens (tertiary/aromatic N) is 1. The molecular formula is C22H18F6N2O2S2. The van der Waals surface area contributed by atoms with Gasteiger partial charge in [-0.15, -0.1) is 0 Å². The standard InChI is InChI=1S/C22H18F6N2O2S2/c23-21(24,25)14-7-13(8-15(9-14)22(26,27)28)17-2-1-16(32-17)10-18-19(31)30(20(33)34-18)11-12-3-5-29-6-4-12/h1-2,7-10,12,29H,3-6,11H2. The number of rotatable bonds is 4. The Hall–Kier alpha value is -2.31. The molecule has 0 spiro atoms. The summed E-state index contributed by atoms with van der Waals surface area (Å²) in [7, 11) is 0. The van der Waals surface area contributed by atoms with Gasteiger partial charge < -0.3 is 9.73 Å². The van der Waals surface area contributed by atoms with E-state index in [1.807, 2.05) is 0 Å². The SMILES string of the molecule is O=C1C(=Cc2ccc(-c3cc(C(F)(F)F)cc(C(F)(F)F)c3)o2)SC(=S)N1CC1CCNCC1. The van der Waals surface area contributed by atoms with Crippen molar-refractivity contribution in [2.24, 2.45) is 5.92 Å². The fourth-order valence-electron chi connectivity index (χ4n) is 3.79. The lowest BCUT2D eigenvalue weighted by atomic mass is 9.98. The number of piperidine rings is 1. The Morgan fingerprint density at radius 1 is 1.06 bits per heavy atom. The number of amides is 1. The van der Waals surface area contributed by atoms with Crippen molar-refractivity contribution in [2.75, 3.05) is 19.6 Å². The summed E-state index contributed by atoms with van der Waals surface area (Å²) in [5.74, 6) is -0.0525. The van der Waals surface area contributed by atoms with Gasteiger partial charge >= 0.3 is 12.4 Å². The van der Waals surface area contributed by atoms with Crippen LogP contribution in [0.3, 0.4) is 0 Å². The summed E-state index contributed by atoms with van der Waals surface area (Å²) in [5, 5.41) is 3.25. The van der Waals surface area contributed by atoms with Crippen molar-refractivity contribution in [1.29, 1.82) is 0 Å². The normalized spacial score (nSPS) is 19.5. The Labute approximate surface area is 200 Å². The van der Waals surface area contributed by atoms with Crippen LogP contribution in [0.5, 0.6) is 0 Å². The lowest BCUT2D eigenvalue weighted by Crippen LogP contribution is -2.38. The highest BCUT2D eigenvalue weighted by Crippen LogP contribution is 2.40. The molecule has 2 aromatic rings. The number of nitrogens with one attached hydrogen (secondary N) is 1. The zero-order chi connectivity index (χ0) is 24.7. The highest BCUT2D eigenvalue weighted by Gasteiger charge is 2.37. The minimum absolute atomic E-state index is 0.0566. The third-order valence-electron chi connectivity index (χ3n) is 5.55. The predicted octanol–water partition coefficient (Wildman–Crippen LogP) is 6.19. The number of carbonyl (C=O) groups excluding carboxylic acids is 1. The van der Waals surface area contributed by atoms with Crippen LogP contribution in [0.15, 0.2) is 39.7 Å². The molecule has 0 bridgehead atoms. The van der Waals surface area contributed by atoms with Crippen molar-refractivity contribution in [3.63, 3.8) is 0 Å². The average Bonchev–Trinajstić information content (AvgIpc) is 3.33. The summed E-state index contributed by atoms with van der Waals surface area (Å²) in [6.45, 7) is 2.24. The van der Waals surface area contributed by atoms with E-state index in [2.05, 4.69) is 5.32 Å². The lowest BCUT2D eigenvalue weighted by molar-refractivity contribution is -0.143. The van der Waals surface area contributed by atoms with E-state index in [1.165, 1.54) is 23.1 Å². The summed E-state index contributed by atoms with van der Waals surface area (Å²) < 4.78 is 84.8. The van der Waals surface area contributed by atoms with Gasteiger partial charge in [0.05, 0.1) is 16.0 Å². The first-order chi connectivity index (χ1) is 15.9. The van der Waals surface area contributed by atoms with Crippen molar-refractivity contribution in [2.45, 2.75) is 25.2 Å². The number of thiocarbonyl (C=S) groups is 1. The van der Waals surface area contributed by atoms with Gasteiger partial charge in [0.1, 0.15) is 15.8 Å². The maximum absolute atomic E-state index is 13.1. The number of benzene rings is 1. The van der Waals surface area contributed by atoms with Gasteiger partial charge in [0.2, 0.25) is 0 Å². The fraction of sp³-hybridized carbons (Fsp3) is 0.364. The first-order valence-corrected chi connectivity index (χ1v) is 11.5. The Kier molecular flexibility index (Phi) is 6.85. The zero-order valence-corrected chi connectivity index (χ0v) is 19.1. The molecule has 1 aromatic heterocycles. The summed E-state index contributed by atoms with van der Waals surface area (Å²) in [6.07, 6.45) is -6.69. The highest BCUT2D eigenvalue weighted by molar-refractivity contribution is 8.26. The van der Waals surface area contributed by atoms with Crippen LogP contribution in [0.2, 0.25) is 0 Å². The van der Waals surface area contributed by atoms with Crippen molar-refractivity contribution in [3.8, 4) is 11.3 Å². The fourth-order valence-corrected chi connectivity index (χ4v) is 5.05. The summed E-state index contributed by atoms with van der Waals surface area (Å²) in [6, 6.07) is 3.88. The number of furan rings is 1. The molecule has 1 amide bonds. The third kappa shape index (κ3) is 5.49. The molecule has 0 unspecified atom stereocenters. The van der Waals surface area contributed by atoms with Crippen LogP contribution < -0.4 is 5.32 Å². The van der Waals surface area contributed by atoms with E-state index in [0.717, 1.165) is 37.7 Å². The Bertz CT molecular complexity index is 1100. The van der Waals surface area contributed by atoms with E-state index in [4.69, 9.17) is 16.6 Å². The molecule has 1 aromatic carbocycles. The summed E-state index contributed by atoms with van der Waals surface area (Å²) in [4.78, 5) is 14.6. The number of carbonyl (C=O) groups is 1. The largest absolute Gasteiger partial charge is 0.457 e. The van der Waals surface area contributed by atoms with E-state index >= 15 is 0 Å². The number of thioether (sulfide) groups is 1. The van der Waals surface area contributed by atoms with Crippen molar-refractivity contribution < 1.29 is 35.6 Å². The van der Waals surface area contributed by atoms with E-state index in [0.29, 0.717) is 28.9 Å². The Morgan fingerprint density at radius 2 is 1.68 bits per heavy atom. The first kappa shape index (κ1) is 24.8. The molecule has 0 atom stereocenters. The number of halogens is 6. The molecule has 12 heteroatoms. The average molecular weight is 521 g/mol. The van der Waals surface area contributed by atoms with Crippen LogP contribution in [-0.4, -0.2) is 34.8 Å². The molecule has 34 heavy (non-hydrogen) atoms. The molecule has 2 aliphatic heterocycles. The van der Waals surface area contributed by atoms with E-state index in [9.17, 15) is 31.1 Å². The number of alkyl halides is 6. The highest BCUT2D eigenvalue weighted by atomic mass is 32.2. The first-order valence-electron chi connectivity index (χ1n) is 10.3. The van der Waals surface area contributed by atoms with Crippen LogP contribution in [0, 0.1) is 5.92 Å². The molecule has 2 aliphatic rings. The van der Waals surface area contributed by atoms with Gasteiger partial charge in [-0.05, 0) is 62.2 Å². The molecular weight excluding hydrogens is 502 g/mol. The monoisotopic (exact) mass is 520 g/mol. The van der Waals surface area contributed by atoms with Gasteiger partial charge in [-0.1, -0.05) is 24.0 Å². The third-order valence-corrected chi connectivity index (χ3v) is 6.92. The lowest BCUT2D eigenvalue weighted by Gasteiger charge is -2.26. The number of hydrogen-bond donors (Lipinski definition) is 1. The Morgan fingerprint density at radius 3 is 2.26 bits per heavy atom. The second-order valence-electron chi connectivity index (χ2n) is 7.98. The molecule has 1 N–H and O–H groups in total. The Balaban J connectivity index is 1.58. The van der Waals surface area contributed by atoms with E-state index in [-0.39, 0.29) is 34.0 Å². The van der Waals surface area contributed by atoms with Crippen molar-refractivity contribution in [1.82, 2.24) is 10.2 Å². The van der Waals surface area contributed by atoms with Gasteiger partial charge in [-0.2, -0.15) is 26.3 Å². The maximum Gasteiger partial charge on any atom is 0.416 e. The number of hydrogen-bond acceptors (Lipinski definition) is 5. The van der Waals surface area contributed by atoms with E-state index in [1.54, 1.807) is 0 Å². The van der Waals surface area contributed by atoms with Gasteiger partial charge in [-0.3, -0.25) is 9.69 Å². The summed E-state index contributed by atoms with van der Waals surface area (Å²) in [5.41, 5.74) is -3.25.